The molecule has 2 amide bonds. The molecule has 168 valence electrons. The molecule has 0 aromatic carbocycles. The van der Waals surface area contributed by atoms with E-state index in [1.807, 2.05) is 13.8 Å². The van der Waals surface area contributed by atoms with Gasteiger partial charge in [-0.25, -0.2) is 4.79 Å². The number of amides is 2. The van der Waals surface area contributed by atoms with Gasteiger partial charge in [-0.3, -0.25) is 9.59 Å². The number of aliphatic hydroxyl groups is 1. The van der Waals surface area contributed by atoms with E-state index in [-0.39, 0.29) is 24.3 Å². The Kier molecular flexibility index (Phi) is 9.39. The minimum absolute atomic E-state index is 0.0875. The summed E-state index contributed by atoms with van der Waals surface area (Å²) in [6.45, 7) is 11.1. The molecule has 0 aromatic heterocycles. The summed E-state index contributed by atoms with van der Waals surface area (Å²) >= 11 is 0. The van der Waals surface area contributed by atoms with Crippen LogP contribution in [0, 0.1) is 17.8 Å². The van der Waals surface area contributed by atoms with Gasteiger partial charge in [-0.1, -0.05) is 33.6 Å². The van der Waals surface area contributed by atoms with E-state index in [0.29, 0.717) is 6.42 Å². The highest BCUT2D eigenvalue weighted by molar-refractivity contribution is 5.76. The Morgan fingerprint density at radius 1 is 1.14 bits per heavy atom. The third-order valence-electron chi connectivity index (χ3n) is 5.61. The predicted molar refractivity (Wildman–Crippen MR) is 109 cm³/mol. The molecule has 1 rings (SSSR count). The summed E-state index contributed by atoms with van der Waals surface area (Å²) < 4.78 is 10.2. The number of aliphatic hydroxyl groups excluding tert-OH is 1. The Morgan fingerprint density at radius 3 is 2.17 bits per heavy atom. The molecule has 1 fully saturated rings. The van der Waals surface area contributed by atoms with Gasteiger partial charge in [0.1, 0.15) is 5.60 Å². The molecular formula is C21H38N2O6. The van der Waals surface area contributed by atoms with E-state index in [0.717, 1.165) is 12.8 Å². The molecule has 1 aliphatic rings. The van der Waals surface area contributed by atoms with Crippen molar-refractivity contribution in [1.82, 2.24) is 10.6 Å². The van der Waals surface area contributed by atoms with Gasteiger partial charge < -0.3 is 25.2 Å². The maximum atomic E-state index is 12.4. The second-order valence-corrected chi connectivity index (χ2v) is 8.71. The zero-order valence-corrected chi connectivity index (χ0v) is 18.8. The van der Waals surface area contributed by atoms with Crippen molar-refractivity contribution in [2.24, 2.45) is 17.8 Å². The number of esters is 1. The van der Waals surface area contributed by atoms with Gasteiger partial charge in [0.25, 0.3) is 0 Å². The number of carbonyl (C=O) groups excluding carboxylic acids is 3. The number of carbonyl (C=O) groups is 3. The maximum absolute atomic E-state index is 12.4. The standard InChI is InChI=1S/C21H38N2O6/c1-8-12(9-2)17(23-15(24)10-3)16-14(22-20(27)29-21(4,5)6)11-13(18(16)25)19(26)28-7/h12-14,16-18,25H,8-11H2,1-7H3,(H,22,27)(H,23,24)/t13-,14+,16+,17-,18+/m0/s1. The van der Waals surface area contributed by atoms with Crippen LogP contribution in [-0.4, -0.2) is 54.0 Å². The second kappa shape index (κ2) is 10.8. The largest absolute Gasteiger partial charge is 0.469 e. The van der Waals surface area contributed by atoms with Crippen molar-refractivity contribution in [3.63, 3.8) is 0 Å². The minimum atomic E-state index is -1.05. The van der Waals surface area contributed by atoms with Crippen molar-refractivity contribution in [2.75, 3.05) is 7.11 Å². The molecule has 1 saturated carbocycles. The van der Waals surface area contributed by atoms with E-state index >= 15 is 0 Å². The quantitative estimate of drug-likeness (QED) is 0.526. The molecule has 1 aliphatic carbocycles. The molecule has 8 heteroatoms. The fraction of sp³-hybridized carbons (Fsp3) is 0.857. The first-order valence-electron chi connectivity index (χ1n) is 10.5. The van der Waals surface area contributed by atoms with Crippen LogP contribution in [0.25, 0.3) is 0 Å². The Morgan fingerprint density at radius 2 is 1.72 bits per heavy atom. The van der Waals surface area contributed by atoms with Crippen molar-refractivity contribution in [1.29, 1.82) is 0 Å². The number of rotatable bonds is 8. The third-order valence-corrected chi connectivity index (χ3v) is 5.61. The fourth-order valence-electron chi connectivity index (χ4n) is 4.15. The van der Waals surface area contributed by atoms with Crippen molar-refractivity contribution >= 4 is 18.0 Å². The van der Waals surface area contributed by atoms with Crippen molar-refractivity contribution < 1.29 is 29.0 Å². The fourth-order valence-corrected chi connectivity index (χ4v) is 4.15. The van der Waals surface area contributed by atoms with Crippen LogP contribution >= 0.6 is 0 Å². The van der Waals surface area contributed by atoms with Crippen LogP contribution in [0.4, 0.5) is 4.79 Å². The Bertz CT molecular complexity index is 570. The Hall–Kier alpha value is -1.83. The Labute approximate surface area is 174 Å². The van der Waals surface area contributed by atoms with Gasteiger partial charge in [0.05, 0.1) is 19.1 Å². The number of nitrogens with one attached hydrogen (secondary N) is 2. The number of ether oxygens (including phenoxy) is 2. The van der Waals surface area contributed by atoms with Crippen LogP contribution in [0.2, 0.25) is 0 Å². The van der Waals surface area contributed by atoms with Crippen molar-refractivity contribution in [3.8, 4) is 0 Å². The Balaban J connectivity index is 3.23. The molecule has 0 aliphatic heterocycles. The van der Waals surface area contributed by atoms with E-state index in [4.69, 9.17) is 9.47 Å². The second-order valence-electron chi connectivity index (χ2n) is 8.71. The summed E-state index contributed by atoms with van der Waals surface area (Å²) in [5, 5.41) is 16.9. The molecule has 3 N–H and O–H groups in total. The van der Waals surface area contributed by atoms with Crippen molar-refractivity contribution in [3.05, 3.63) is 0 Å². The van der Waals surface area contributed by atoms with Gasteiger partial charge in [-0.05, 0) is 33.1 Å². The monoisotopic (exact) mass is 414 g/mol. The zero-order valence-electron chi connectivity index (χ0n) is 18.8. The van der Waals surface area contributed by atoms with Crippen molar-refractivity contribution in [2.45, 2.75) is 91.0 Å². The smallest absolute Gasteiger partial charge is 0.407 e. The van der Waals surface area contributed by atoms with Crippen LogP contribution < -0.4 is 10.6 Å². The third kappa shape index (κ3) is 6.87. The highest BCUT2D eigenvalue weighted by Gasteiger charge is 2.51. The molecule has 0 aromatic rings. The minimum Gasteiger partial charge on any atom is -0.469 e. The number of hydrogen-bond acceptors (Lipinski definition) is 6. The topological polar surface area (TPSA) is 114 Å². The van der Waals surface area contributed by atoms with E-state index < -0.39 is 41.6 Å². The molecule has 0 bridgehead atoms. The summed E-state index contributed by atoms with van der Waals surface area (Å²) in [5.74, 6) is -1.88. The summed E-state index contributed by atoms with van der Waals surface area (Å²) in [7, 11) is 1.27. The number of hydrogen-bond donors (Lipinski definition) is 3. The van der Waals surface area contributed by atoms with Gasteiger partial charge in [-0.2, -0.15) is 0 Å². The van der Waals surface area contributed by atoms with Crippen LogP contribution in [-0.2, 0) is 19.1 Å². The molecule has 0 spiro atoms. The van der Waals surface area contributed by atoms with Gasteiger partial charge in [0, 0.05) is 24.4 Å². The maximum Gasteiger partial charge on any atom is 0.407 e. The molecule has 29 heavy (non-hydrogen) atoms. The van der Waals surface area contributed by atoms with E-state index in [2.05, 4.69) is 10.6 Å². The molecule has 5 atom stereocenters. The number of alkyl carbamates (subject to hydrolysis) is 1. The van der Waals surface area contributed by atoms with Gasteiger partial charge in [0.15, 0.2) is 0 Å². The average molecular weight is 415 g/mol. The average Bonchev–Trinajstić information content (AvgIpc) is 2.95. The SMILES string of the molecule is CCC(=O)N[C@@H](C(CC)CC)[C@@H]1[C@H](O)[C@@H](C(=O)OC)C[C@H]1NC(=O)OC(C)(C)C. The van der Waals surface area contributed by atoms with E-state index in [1.54, 1.807) is 27.7 Å². The summed E-state index contributed by atoms with van der Waals surface area (Å²) in [6.07, 6.45) is 0.438. The zero-order chi connectivity index (χ0) is 22.4. The lowest BCUT2D eigenvalue weighted by molar-refractivity contribution is -0.149. The molecule has 0 saturated heterocycles. The van der Waals surface area contributed by atoms with Crippen LogP contribution in [0.15, 0.2) is 0 Å². The highest BCUT2D eigenvalue weighted by atomic mass is 16.6. The van der Waals surface area contributed by atoms with E-state index in [1.165, 1.54) is 7.11 Å². The molecular weight excluding hydrogens is 376 g/mol. The highest BCUT2D eigenvalue weighted by Crippen LogP contribution is 2.38. The van der Waals surface area contributed by atoms with E-state index in [9.17, 15) is 19.5 Å². The van der Waals surface area contributed by atoms with Crippen LogP contribution in [0.3, 0.4) is 0 Å². The lowest BCUT2D eigenvalue weighted by Gasteiger charge is -2.37. The number of methoxy groups -OCH3 is 1. The van der Waals surface area contributed by atoms with Gasteiger partial charge in [0.2, 0.25) is 5.91 Å². The van der Waals surface area contributed by atoms with Crippen LogP contribution in [0.5, 0.6) is 0 Å². The molecule has 0 unspecified atom stereocenters. The first kappa shape index (κ1) is 25.2. The predicted octanol–water partition coefficient (Wildman–Crippen LogP) is 2.38. The molecule has 8 nitrogen and oxygen atoms in total. The summed E-state index contributed by atoms with van der Waals surface area (Å²) in [5.41, 5.74) is -0.677. The van der Waals surface area contributed by atoms with Gasteiger partial charge >= 0.3 is 12.1 Å². The normalized spacial score (nSPS) is 25.4. The lowest BCUT2D eigenvalue weighted by atomic mass is 9.80. The molecule has 0 radical (unpaired) electrons. The summed E-state index contributed by atoms with van der Waals surface area (Å²) in [4.78, 5) is 36.8. The molecule has 0 heterocycles. The van der Waals surface area contributed by atoms with Gasteiger partial charge in [-0.15, -0.1) is 0 Å². The lowest BCUT2D eigenvalue weighted by Crippen LogP contribution is -2.54. The first-order chi connectivity index (χ1) is 13.5. The first-order valence-corrected chi connectivity index (χ1v) is 10.5. The van der Waals surface area contributed by atoms with Crippen LogP contribution in [0.1, 0.15) is 67.2 Å². The summed E-state index contributed by atoms with van der Waals surface area (Å²) in [6, 6.07) is -0.922.